The molecule has 96 heavy (non-hydrogen) atoms. The Kier molecular flexibility index (Phi) is 32.5. The molecular formula is C54H106N12O26S4. The van der Waals surface area contributed by atoms with Crippen LogP contribution < -0.4 is 68.8 Å². The first-order valence-corrected chi connectivity index (χ1v) is 37.0. The van der Waals surface area contributed by atoms with E-state index in [1.807, 2.05) is 0 Å². The first kappa shape index (κ1) is 81.5. The molecule has 36 N–H and O–H groups in total. The quantitative estimate of drug-likeness (QED) is 0.0214. The van der Waals surface area contributed by atoms with Crippen LogP contribution in [0.4, 0.5) is 0 Å². The third-order valence-corrected chi connectivity index (χ3v) is 22.8. The molecule has 0 aromatic rings. The maximum absolute atomic E-state index is 11.9. The summed E-state index contributed by atoms with van der Waals surface area (Å²) in [6, 6.07) is -8.71. The fourth-order valence-corrected chi connectivity index (χ4v) is 16.1. The van der Waals surface area contributed by atoms with Crippen LogP contribution in [0.5, 0.6) is 0 Å². The third-order valence-electron chi connectivity index (χ3n) is 18.4. The fourth-order valence-electron chi connectivity index (χ4n) is 12.6. The zero-order chi connectivity index (χ0) is 70.0. The van der Waals surface area contributed by atoms with E-state index in [9.17, 15) is 61.3 Å². The van der Waals surface area contributed by atoms with Gasteiger partial charge in [-0.3, -0.25) is 0 Å². The van der Waals surface area contributed by atoms with Crippen LogP contribution in [-0.4, -0.2) is 381 Å². The lowest BCUT2D eigenvalue weighted by Gasteiger charge is -2.47. The Balaban J connectivity index is 0.772. The van der Waals surface area contributed by atoms with Crippen molar-refractivity contribution in [2.24, 2.45) is 68.8 Å². The Morgan fingerprint density at radius 2 is 0.542 bits per heavy atom. The van der Waals surface area contributed by atoms with Crippen LogP contribution in [0.1, 0.15) is 12.8 Å². The van der Waals surface area contributed by atoms with Crippen LogP contribution in [0.2, 0.25) is 0 Å². The second-order valence-corrected chi connectivity index (χ2v) is 30.1. The van der Waals surface area contributed by atoms with Gasteiger partial charge in [0.05, 0.1) is 75.0 Å². The lowest BCUT2D eigenvalue weighted by molar-refractivity contribution is -0.306. The zero-order valence-electron chi connectivity index (χ0n) is 52.9. The Bertz CT molecular complexity index is 2130. The van der Waals surface area contributed by atoms with E-state index >= 15 is 0 Å². The summed E-state index contributed by atoms with van der Waals surface area (Å²) in [5.74, 6) is 2.64. The van der Waals surface area contributed by atoms with E-state index in [2.05, 4.69) is 0 Å². The number of aliphatic hydroxyl groups excluding tert-OH is 12. The van der Waals surface area contributed by atoms with Gasteiger partial charge in [-0.1, -0.05) is 21.6 Å². The Hall–Kier alpha value is -0.120. The van der Waals surface area contributed by atoms with Gasteiger partial charge in [-0.25, -0.2) is 0 Å². The lowest BCUT2D eigenvalue weighted by atomic mass is 9.84. The van der Waals surface area contributed by atoms with E-state index in [1.165, 1.54) is 23.5 Å². The molecule has 0 spiro atoms. The largest absolute Gasteiger partial charge is 0.389 e. The predicted molar refractivity (Wildman–Crippen MR) is 344 cm³/mol. The molecule has 0 bridgehead atoms. The highest BCUT2D eigenvalue weighted by Gasteiger charge is 2.57. The van der Waals surface area contributed by atoms with Gasteiger partial charge in [0, 0.05) is 84.9 Å². The maximum atomic E-state index is 11.9. The van der Waals surface area contributed by atoms with Crippen molar-refractivity contribution in [3.05, 3.63) is 0 Å². The standard InChI is InChI=1S/C54H106N12O26S4/c55-11-21-33(69)37(73)27(63)49(81-21)87-43-19(61)9-17(59)31(67)47(43)91-53-41(77)45(89-51-29(65)39(75)35(71)23(13-57)83-51)25(85-53)15-93-5-1-79-3-7-95-96-8-4-80-2-6-94-16-26-46(90-52-30(66)40(76)36(72)24(14-58)84-52)42(78)54(86-26)92-48-32(68)18(60)10-20(62)44(48)88-50-28(64)38(74)34(70)22(12-56)82-50/h17-54,67-78H,1-16,55-66H2/t17-,18-,19?,20?,21?,22?,23+,24+,25-,26-,27+,28+,29-,30-,31-,32-,33-,34-,35?,36?,37?,38?,39+,40+,41+,42+,43-,44-,45+,46+,47?,48?,49-,50-,51?,52?,53+,54+/m1/s1. The third kappa shape index (κ3) is 19.7. The average molecular weight is 1470 g/mol. The van der Waals surface area contributed by atoms with Crippen molar-refractivity contribution in [3.63, 3.8) is 0 Å². The molecule has 6 saturated heterocycles. The van der Waals surface area contributed by atoms with Crippen molar-refractivity contribution in [1.82, 2.24) is 0 Å². The summed E-state index contributed by atoms with van der Waals surface area (Å²) in [5.41, 5.74) is 73.7. The number of hydrogen-bond acceptors (Lipinski definition) is 42. The SMILES string of the molecule is NCC1O[C@H](O[C@@H]2C(N)C[C@@H](N)[C@@H](O)C2O[C@@H]2O[C@H](CSCCOCCSSCCOCCSC[C@H]3O[C@@H](OC4[C@H](O[C@H]5OC(CN)[C@@H](O)C(O)[C@@H]5N)C(N)C[C@@H](N)[C@H]4O)[C@@H](O)[C@H]3OC3O[C@@H](CN)C(O)[C@@H](O)[C@H]3N)[C@H](OC3O[C@@H](CN)C(O)[C@@H](O)[C@H]3N)[C@@H]2O)[C@@H](N)C(O)[C@@H]1O. The molecule has 0 radical (unpaired) electrons. The number of hydrogen-bond donors (Lipinski definition) is 24. The van der Waals surface area contributed by atoms with Crippen LogP contribution in [0.3, 0.4) is 0 Å². The first-order chi connectivity index (χ1) is 45.8. The molecule has 2 saturated carbocycles. The molecule has 12 unspecified atom stereocenters. The van der Waals surface area contributed by atoms with Crippen molar-refractivity contribution >= 4 is 45.1 Å². The minimum atomic E-state index is -1.59. The molecule has 6 aliphatic heterocycles. The smallest absolute Gasteiger partial charge is 0.187 e. The number of nitrogens with two attached hydrogens (primary N) is 12. The number of thioether (sulfide) groups is 2. The molecule has 42 heteroatoms. The van der Waals surface area contributed by atoms with Crippen molar-refractivity contribution in [2.75, 3.05) is 87.1 Å². The summed E-state index contributed by atoms with van der Waals surface area (Å²) >= 11 is 2.81. The van der Waals surface area contributed by atoms with Gasteiger partial charge >= 0.3 is 0 Å². The van der Waals surface area contributed by atoms with Gasteiger partial charge in [0.2, 0.25) is 0 Å². The van der Waals surface area contributed by atoms with Crippen LogP contribution >= 0.6 is 45.1 Å². The van der Waals surface area contributed by atoms with Gasteiger partial charge in [0.25, 0.3) is 0 Å². The second kappa shape index (κ2) is 38.2. The summed E-state index contributed by atoms with van der Waals surface area (Å²) in [6.07, 6.45) is -39.8. The highest BCUT2D eigenvalue weighted by Crippen LogP contribution is 2.39. The normalized spacial score (nSPS) is 48.8. The number of ether oxygens (including phenoxy) is 14. The van der Waals surface area contributed by atoms with Crippen molar-refractivity contribution in [3.8, 4) is 0 Å². The molecule has 38 atom stereocenters. The monoisotopic (exact) mass is 1470 g/mol. The van der Waals surface area contributed by atoms with Crippen LogP contribution in [0.25, 0.3) is 0 Å². The molecule has 8 fully saturated rings. The van der Waals surface area contributed by atoms with E-state index < -0.39 is 233 Å². The molecule has 8 aliphatic rings. The zero-order valence-corrected chi connectivity index (χ0v) is 56.2. The summed E-state index contributed by atoms with van der Waals surface area (Å²) in [7, 11) is 3.18. The summed E-state index contributed by atoms with van der Waals surface area (Å²) < 4.78 is 85.0. The summed E-state index contributed by atoms with van der Waals surface area (Å²) in [6.45, 7) is 0.744. The van der Waals surface area contributed by atoms with Gasteiger partial charge < -0.3 is 196 Å². The van der Waals surface area contributed by atoms with Crippen molar-refractivity contribution < 1.29 is 128 Å². The van der Waals surface area contributed by atoms with Gasteiger partial charge in [0.15, 0.2) is 37.7 Å². The Morgan fingerprint density at radius 1 is 0.281 bits per heavy atom. The Labute approximate surface area is 571 Å². The van der Waals surface area contributed by atoms with Gasteiger partial charge in [-0.15, -0.1) is 0 Å². The highest BCUT2D eigenvalue weighted by atomic mass is 33.1. The second-order valence-electron chi connectivity index (χ2n) is 25.1. The predicted octanol–water partition coefficient (Wildman–Crippen LogP) is -13.9. The van der Waals surface area contributed by atoms with Crippen molar-refractivity contribution in [2.45, 2.75) is 245 Å². The molecule has 8 rings (SSSR count). The van der Waals surface area contributed by atoms with Gasteiger partial charge in [-0.05, 0) is 12.8 Å². The molecule has 562 valence electrons. The summed E-state index contributed by atoms with van der Waals surface area (Å²) in [4.78, 5) is 0. The molecule has 0 aromatic carbocycles. The molecule has 0 aromatic heterocycles. The lowest BCUT2D eigenvalue weighted by Crippen LogP contribution is -2.68. The molecule has 0 amide bonds. The van der Waals surface area contributed by atoms with E-state index in [1.54, 1.807) is 21.6 Å². The fraction of sp³-hybridized carbons (Fsp3) is 1.00. The van der Waals surface area contributed by atoms with Crippen LogP contribution in [0.15, 0.2) is 0 Å². The summed E-state index contributed by atoms with van der Waals surface area (Å²) in [5, 5.41) is 131. The number of rotatable bonds is 33. The van der Waals surface area contributed by atoms with Gasteiger partial charge in [-0.2, -0.15) is 23.5 Å². The minimum absolute atomic E-state index is 0.0588. The van der Waals surface area contributed by atoms with E-state index in [-0.39, 0.29) is 50.5 Å². The number of aliphatic hydroxyl groups is 12. The van der Waals surface area contributed by atoms with E-state index in [0.29, 0.717) is 49.4 Å². The first-order valence-electron chi connectivity index (χ1n) is 32.2. The highest BCUT2D eigenvalue weighted by molar-refractivity contribution is 8.76. The minimum Gasteiger partial charge on any atom is -0.389 e. The van der Waals surface area contributed by atoms with Gasteiger partial charge in [0.1, 0.15) is 122 Å². The topological polar surface area (TPSA) is 684 Å². The maximum Gasteiger partial charge on any atom is 0.187 e. The average Bonchev–Trinajstić information content (AvgIpc) is 1.17. The molecule has 6 heterocycles. The van der Waals surface area contributed by atoms with E-state index in [4.69, 9.17) is 135 Å². The molecular weight excluding hydrogens is 1360 g/mol. The Morgan fingerprint density at radius 3 is 0.833 bits per heavy atom. The van der Waals surface area contributed by atoms with Crippen molar-refractivity contribution in [1.29, 1.82) is 0 Å². The van der Waals surface area contributed by atoms with E-state index in [0.717, 1.165) is 0 Å². The molecule has 38 nitrogen and oxygen atoms in total. The van der Waals surface area contributed by atoms with Crippen LogP contribution in [-0.2, 0) is 66.3 Å². The van der Waals surface area contributed by atoms with Crippen LogP contribution in [0, 0.1) is 0 Å². The molecule has 2 aliphatic carbocycles.